The van der Waals surface area contributed by atoms with Crippen molar-refractivity contribution in [3.8, 4) is 0 Å². The Kier molecular flexibility index (Phi) is 6.73. The van der Waals surface area contributed by atoms with Crippen molar-refractivity contribution in [1.29, 1.82) is 0 Å². The van der Waals surface area contributed by atoms with Crippen molar-refractivity contribution in [2.75, 3.05) is 20.3 Å². The summed E-state index contributed by atoms with van der Waals surface area (Å²) >= 11 is 0. The second-order valence-electron chi connectivity index (χ2n) is 12.2. The Hall–Kier alpha value is -2.94. The van der Waals surface area contributed by atoms with Crippen LogP contribution in [0.4, 0.5) is 0 Å². The molecule has 2 aromatic carbocycles. The molecule has 230 valence electrons. The van der Waals surface area contributed by atoms with Crippen molar-refractivity contribution in [2.45, 2.75) is 73.8 Å². The van der Waals surface area contributed by atoms with Gasteiger partial charge < -0.3 is 48.5 Å². The number of aliphatic hydroxyl groups excluding tert-OH is 3. The number of benzene rings is 2. The lowest BCUT2D eigenvalue weighted by Crippen LogP contribution is -2.81. The molecule has 4 saturated heterocycles. The quantitative estimate of drug-likeness (QED) is 0.354. The Morgan fingerprint density at radius 1 is 0.884 bits per heavy atom. The van der Waals surface area contributed by atoms with E-state index in [0.717, 1.165) is 0 Å². The molecule has 12 heteroatoms. The molecule has 9 rings (SSSR count). The number of esters is 2. The highest BCUT2D eigenvalue weighted by Gasteiger charge is 2.95. The van der Waals surface area contributed by atoms with E-state index in [4.69, 9.17) is 33.2 Å². The molecule has 3 saturated carbocycles. The van der Waals surface area contributed by atoms with Gasteiger partial charge in [0.2, 0.25) is 0 Å². The van der Waals surface area contributed by atoms with Crippen LogP contribution in [0.1, 0.15) is 40.5 Å². The number of carbonyl (C=O) groups excluding carboxylic acids is 2. The van der Waals surface area contributed by atoms with Crippen LogP contribution in [0.15, 0.2) is 60.7 Å². The van der Waals surface area contributed by atoms with Crippen LogP contribution >= 0.6 is 0 Å². The number of ether oxygens (including phenoxy) is 7. The first-order valence-corrected chi connectivity index (χ1v) is 14.3. The normalized spacial score (nSPS) is 43.7. The van der Waals surface area contributed by atoms with E-state index >= 15 is 0 Å². The molecular weight excluding hydrogens is 564 g/mol. The van der Waals surface area contributed by atoms with Gasteiger partial charge in [-0.05, 0) is 37.6 Å². The molecular formula is C31H34O12. The number of methoxy groups -OCH3 is 1. The molecule has 7 aliphatic rings. The topological polar surface area (TPSA) is 159 Å². The minimum Gasteiger partial charge on any atom is -0.461 e. The van der Waals surface area contributed by atoms with Crippen molar-refractivity contribution >= 4 is 11.9 Å². The predicted molar refractivity (Wildman–Crippen MR) is 143 cm³/mol. The minimum atomic E-state index is -1.66. The highest BCUT2D eigenvalue weighted by molar-refractivity contribution is 5.89. The van der Waals surface area contributed by atoms with E-state index in [1.54, 1.807) is 67.8 Å². The molecule has 2 aromatic rings. The third kappa shape index (κ3) is 3.91. The zero-order chi connectivity index (χ0) is 30.2. The van der Waals surface area contributed by atoms with Crippen molar-refractivity contribution in [3.63, 3.8) is 0 Å². The Morgan fingerprint density at radius 2 is 1.51 bits per heavy atom. The minimum absolute atomic E-state index is 0.122. The second-order valence-corrected chi connectivity index (χ2v) is 12.2. The van der Waals surface area contributed by atoms with Gasteiger partial charge in [-0.15, -0.1) is 0 Å². The number of hydrogen-bond acceptors (Lipinski definition) is 12. The van der Waals surface area contributed by atoms with Gasteiger partial charge in [0.25, 0.3) is 0 Å². The first kappa shape index (κ1) is 28.8. The fourth-order valence-electron chi connectivity index (χ4n) is 7.91. The summed E-state index contributed by atoms with van der Waals surface area (Å²) < 4.78 is 42.4. The molecule has 3 N–H and O–H groups in total. The molecule has 6 unspecified atom stereocenters. The van der Waals surface area contributed by atoms with E-state index in [1.165, 1.54) is 0 Å². The van der Waals surface area contributed by atoms with Crippen LogP contribution in [-0.4, -0.2) is 102 Å². The van der Waals surface area contributed by atoms with Crippen LogP contribution in [0.2, 0.25) is 0 Å². The molecule has 0 aromatic heterocycles. The van der Waals surface area contributed by atoms with Gasteiger partial charge in [-0.3, -0.25) is 0 Å². The van der Waals surface area contributed by atoms with Gasteiger partial charge in [-0.1, -0.05) is 36.4 Å². The second kappa shape index (κ2) is 10.0. The van der Waals surface area contributed by atoms with Crippen LogP contribution < -0.4 is 0 Å². The summed E-state index contributed by atoms with van der Waals surface area (Å²) in [6.45, 7) is 1.33. The van der Waals surface area contributed by atoms with Gasteiger partial charge in [-0.25, -0.2) is 9.59 Å². The average molecular weight is 599 g/mol. The molecule has 12 nitrogen and oxygen atoms in total. The number of rotatable bonds is 9. The maximum Gasteiger partial charge on any atom is 0.338 e. The van der Waals surface area contributed by atoms with Gasteiger partial charge >= 0.3 is 11.9 Å². The van der Waals surface area contributed by atoms with E-state index in [9.17, 15) is 24.9 Å². The standard InChI is InChI=1S/C31H34O12/c1-28-15-30(37-2)20-13-31(28,29(20,27(42-28)43-30)16-39-25(36)18-11-7-4-8-12-18)41-26-23(34)22(33)21(32)19(40-26)14-38-24(35)17-9-5-3-6-10-17/h3-12,19-23,26-27,32-34H,13-16H2,1-2H3/t19-,20?,21-,22+,23-,26+,27?,28?,29?,30?,31?/m1/s1. The van der Waals surface area contributed by atoms with Crippen LogP contribution in [0, 0.1) is 11.3 Å². The Labute approximate surface area is 247 Å². The lowest BCUT2D eigenvalue weighted by atomic mass is 9.41. The zero-order valence-corrected chi connectivity index (χ0v) is 23.7. The average Bonchev–Trinajstić information content (AvgIpc) is 3.23. The first-order valence-electron chi connectivity index (χ1n) is 14.3. The summed E-state index contributed by atoms with van der Waals surface area (Å²) in [6, 6.07) is 16.9. The molecule has 6 bridgehead atoms. The molecule has 7 fully saturated rings. The smallest absolute Gasteiger partial charge is 0.338 e. The summed E-state index contributed by atoms with van der Waals surface area (Å²) in [4.78, 5) is 25.5. The molecule has 43 heavy (non-hydrogen) atoms. The van der Waals surface area contributed by atoms with Gasteiger partial charge in [0.1, 0.15) is 48.8 Å². The van der Waals surface area contributed by atoms with Gasteiger partial charge in [0.05, 0.1) is 16.5 Å². The third-order valence-corrected chi connectivity index (χ3v) is 10.1. The van der Waals surface area contributed by atoms with Crippen LogP contribution in [0.5, 0.6) is 0 Å². The first-order chi connectivity index (χ1) is 20.6. The molecule has 4 aliphatic heterocycles. The van der Waals surface area contributed by atoms with Crippen molar-refractivity contribution in [1.82, 2.24) is 0 Å². The Bertz CT molecular complexity index is 1390. The van der Waals surface area contributed by atoms with E-state index in [2.05, 4.69) is 0 Å². The fraction of sp³-hybridized carbons (Fsp3) is 0.548. The Morgan fingerprint density at radius 3 is 2.14 bits per heavy atom. The molecule has 4 heterocycles. The van der Waals surface area contributed by atoms with Gasteiger partial charge in [0, 0.05) is 19.4 Å². The predicted octanol–water partition coefficient (Wildman–Crippen LogP) is 1.16. The molecule has 11 atom stereocenters. The van der Waals surface area contributed by atoms with E-state index < -0.39 is 77.9 Å². The molecule has 0 spiro atoms. The molecule has 0 amide bonds. The van der Waals surface area contributed by atoms with Crippen LogP contribution in [0.25, 0.3) is 0 Å². The maximum atomic E-state index is 13.0. The lowest BCUT2D eigenvalue weighted by molar-refractivity contribution is -0.427. The summed E-state index contributed by atoms with van der Waals surface area (Å²) in [5.41, 5.74) is -2.50. The SMILES string of the molecule is COC12CC3(C)OC(O1)C1(COC(=O)c4ccccc4)C2CC31O[C@@H]1O[C@H](COC(=O)c2ccccc2)[C@@H](O)[C@H](O)[C@H]1O. The van der Waals surface area contributed by atoms with Crippen molar-refractivity contribution in [3.05, 3.63) is 71.8 Å². The van der Waals surface area contributed by atoms with Crippen LogP contribution in [-0.2, 0) is 33.2 Å². The summed E-state index contributed by atoms with van der Waals surface area (Å²) in [7, 11) is 1.56. The third-order valence-electron chi connectivity index (χ3n) is 10.1. The summed E-state index contributed by atoms with van der Waals surface area (Å²) in [5, 5.41) is 32.4. The maximum absolute atomic E-state index is 13.0. The van der Waals surface area contributed by atoms with E-state index in [0.29, 0.717) is 24.0 Å². The highest BCUT2D eigenvalue weighted by atomic mass is 16.8. The summed E-state index contributed by atoms with van der Waals surface area (Å²) in [5.74, 6) is -2.41. The zero-order valence-electron chi connectivity index (χ0n) is 23.7. The fourth-order valence-corrected chi connectivity index (χ4v) is 7.91. The van der Waals surface area contributed by atoms with E-state index in [1.807, 2.05) is 6.92 Å². The van der Waals surface area contributed by atoms with Crippen molar-refractivity contribution < 1.29 is 58.1 Å². The lowest BCUT2D eigenvalue weighted by Gasteiger charge is -2.68. The highest BCUT2D eigenvalue weighted by Crippen LogP contribution is 2.82. The van der Waals surface area contributed by atoms with E-state index in [-0.39, 0.29) is 12.5 Å². The van der Waals surface area contributed by atoms with Crippen molar-refractivity contribution in [2.24, 2.45) is 11.3 Å². The largest absolute Gasteiger partial charge is 0.461 e. The number of carbonyl (C=O) groups is 2. The summed E-state index contributed by atoms with van der Waals surface area (Å²) in [6.07, 6.45) is -7.69. The van der Waals surface area contributed by atoms with Gasteiger partial charge in [0.15, 0.2) is 18.4 Å². The number of aliphatic hydroxyl groups is 3. The van der Waals surface area contributed by atoms with Gasteiger partial charge in [-0.2, -0.15) is 0 Å². The Balaban J connectivity index is 1.14. The monoisotopic (exact) mass is 598 g/mol. The number of hydrogen-bond donors (Lipinski definition) is 3. The molecule has 3 aliphatic carbocycles. The molecule has 0 radical (unpaired) electrons. The van der Waals surface area contributed by atoms with Crippen LogP contribution in [0.3, 0.4) is 0 Å².